The molecule has 1 unspecified atom stereocenters. The van der Waals surface area contributed by atoms with E-state index < -0.39 is 0 Å². The lowest BCUT2D eigenvalue weighted by molar-refractivity contribution is -0.149. The third kappa shape index (κ3) is 2.56. The molecule has 1 aliphatic heterocycles. The van der Waals surface area contributed by atoms with Crippen LogP contribution in [-0.2, 0) is 16.1 Å². The van der Waals surface area contributed by atoms with Gasteiger partial charge in [0, 0.05) is 19.3 Å². The highest BCUT2D eigenvalue weighted by Gasteiger charge is 2.25. The molecule has 86 valence electrons. The van der Waals surface area contributed by atoms with Gasteiger partial charge in [-0.2, -0.15) is 0 Å². The number of ether oxygens (including phenoxy) is 1. The number of pyridine rings is 1. The number of rotatable bonds is 3. The highest BCUT2D eigenvalue weighted by Crippen LogP contribution is 2.09. The average Bonchev–Trinajstić information content (AvgIpc) is 2.33. The fourth-order valence-electron chi connectivity index (χ4n) is 1.66. The largest absolute Gasteiger partial charge is 0.365 e. The molecule has 0 bridgehead atoms. The molecule has 1 aromatic rings. The van der Waals surface area contributed by atoms with E-state index in [2.05, 4.69) is 4.98 Å². The summed E-state index contributed by atoms with van der Waals surface area (Å²) < 4.78 is 5.27. The van der Waals surface area contributed by atoms with Crippen LogP contribution in [0.15, 0.2) is 24.4 Å². The third-order valence-electron chi connectivity index (χ3n) is 2.56. The van der Waals surface area contributed by atoms with Crippen molar-refractivity contribution in [2.45, 2.75) is 12.6 Å². The van der Waals surface area contributed by atoms with Crippen molar-refractivity contribution in [2.24, 2.45) is 5.73 Å². The Bertz CT molecular complexity index is 356. The molecule has 0 saturated carbocycles. The standard InChI is InChI=1S/C11H15N3O2/c12-5-10-7-14(11(15)8-16-10)6-9-3-1-2-4-13-9/h1-4,10H,5-8,12H2. The zero-order chi connectivity index (χ0) is 11.4. The van der Waals surface area contributed by atoms with E-state index in [0.29, 0.717) is 19.6 Å². The van der Waals surface area contributed by atoms with Gasteiger partial charge in [0.1, 0.15) is 6.61 Å². The summed E-state index contributed by atoms with van der Waals surface area (Å²) in [5.74, 6) is -0.00430. The van der Waals surface area contributed by atoms with Crippen molar-refractivity contribution in [2.75, 3.05) is 19.7 Å². The smallest absolute Gasteiger partial charge is 0.249 e. The lowest BCUT2D eigenvalue weighted by atomic mass is 10.2. The van der Waals surface area contributed by atoms with Crippen molar-refractivity contribution >= 4 is 5.91 Å². The summed E-state index contributed by atoms with van der Waals surface area (Å²) in [4.78, 5) is 17.5. The first kappa shape index (κ1) is 11.0. The van der Waals surface area contributed by atoms with Gasteiger partial charge < -0.3 is 15.4 Å². The monoisotopic (exact) mass is 221 g/mol. The highest BCUT2D eigenvalue weighted by molar-refractivity contribution is 5.78. The van der Waals surface area contributed by atoms with Crippen molar-refractivity contribution in [3.05, 3.63) is 30.1 Å². The molecule has 1 fully saturated rings. The summed E-state index contributed by atoms with van der Waals surface area (Å²) in [7, 11) is 0. The average molecular weight is 221 g/mol. The summed E-state index contributed by atoms with van der Waals surface area (Å²) in [5, 5.41) is 0. The number of hydrogen-bond acceptors (Lipinski definition) is 4. The first-order valence-corrected chi connectivity index (χ1v) is 5.29. The minimum atomic E-state index is -0.0542. The summed E-state index contributed by atoms with van der Waals surface area (Å²) in [6, 6.07) is 5.67. The van der Waals surface area contributed by atoms with E-state index in [1.54, 1.807) is 11.1 Å². The minimum absolute atomic E-state index is 0.00430. The van der Waals surface area contributed by atoms with Crippen LogP contribution in [0.2, 0.25) is 0 Å². The lowest BCUT2D eigenvalue weighted by Gasteiger charge is -2.31. The quantitative estimate of drug-likeness (QED) is 0.765. The number of nitrogens with two attached hydrogens (primary N) is 1. The maximum atomic E-state index is 11.6. The van der Waals surface area contributed by atoms with Crippen LogP contribution in [0.4, 0.5) is 0 Å². The second-order valence-corrected chi connectivity index (χ2v) is 3.76. The molecular formula is C11H15N3O2. The number of hydrogen-bond donors (Lipinski definition) is 1. The van der Waals surface area contributed by atoms with Crippen LogP contribution >= 0.6 is 0 Å². The van der Waals surface area contributed by atoms with Crippen molar-refractivity contribution in [1.29, 1.82) is 0 Å². The van der Waals surface area contributed by atoms with Crippen molar-refractivity contribution in [1.82, 2.24) is 9.88 Å². The van der Waals surface area contributed by atoms with Crippen LogP contribution < -0.4 is 5.73 Å². The van der Waals surface area contributed by atoms with Gasteiger partial charge in [-0.15, -0.1) is 0 Å². The molecule has 2 N–H and O–H groups in total. The topological polar surface area (TPSA) is 68.5 Å². The normalized spacial score (nSPS) is 21.2. The zero-order valence-corrected chi connectivity index (χ0v) is 9.00. The number of nitrogens with zero attached hydrogens (tertiary/aromatic N) is 2. The Morgan fingerprint density at radius 1 is 1.56 bits per heavy atom. The first-order chi connectivity index (χ1) is 7.79. The molecule has 1 saturated heterocycles. The van der Waals surface area contributed by atoms with E-state index in [1.807, 2.05) is 18.2 Å². The molecule has 1 atom stereocenters. The molecule has 1 aliphatic rings. The summed E-state index contributed by atoms with van der Waals surface area (Å²) >= 11 is 0. The second-order valence-electron chi connectivity index (χ2n) is 3.76. The Labute approximate surface area is 94.2 Å². The van der Waals surface area contributed by atoms with Gasteiger partial charge in [-0.1, -0.05) is 6.07 Å². The van der Waals surface area contributed by atoms with E-state index in [4.69, 9.17) is 10.5 Å². The number of amides is 1. The molecule has 0 aromatic carbocycles. The third-order valence-corrected chi connectivity index (χ3v) is 2.56. The fraction of sp³-hybridized carbons (Fsp3) is 0.455. The predicted octanol–water partition coefficient (Wildman–Crippen LogP) is -0.232. The second kappa shape index (κ2) is 5.05. The SMILES string of the molecule is NCC1CN(Cc2ccccn2)C(=O)CO1. The highest BCUT2D eigenvalue weighted by atomic mass is 16.5. The molecule has 2 rings (SSSR count). The summed E-state index contributed by atoms with van der Waals surface area (Å²) in [6.07, 6.45) is 1.67. The van der Waals surface area contributed by atoms with E-state index in [1.165, 1.54) is 0 Å². The molecule has 0 spiro atoms. The Kier molecular flexibility index (Phi) is 3.48. The molecule has 0 aliphatic carbocycles. The van der Waals surface area contributed by atoms with Crippen LogP contribution in [0.25, 0.3) is 0 Å². The van der Waals surface area contributed by atoms with Gasteiger partial charge >= 0.3 is 0 Å². The molecule has 16 heavy (non-hydrogen) atoms. The van der Waals surface area contributed by atoms with Gasteiger partial charge in [0.25, 0.3) is 0 Å². The van der Waals surface area contributed by atoms with Crippen LogP contribution in [0, 0.1) is 0 Å². The number of carbonyl (C=O) groups excluding carboxylic acids is 1. The van der Waals surface area contributed by atoms with Crippen LogP contribution in [-0.4, -0.2) is 41.6 Å². The van der Waals surface area contributed by atoms with Crippen molar-refractivity contribution in [3.63, 3.8) is 0 Å². The van der Waals surface area contributed by atoms with Crippen molar-refractivity contribution < 1.29 is 9.53 Å². The molecule has 1 aromatic heterocycles. The van der Waals surface area contributed by atoms with Gasteiger partial charge in [0.15, 0.2) is 0 Å². The van der Waals surface area contributed by atoms with Crippen LogP contribution in [0.1, 0.15) is 5.69 Å². The molecule has 5 heteroatoms. The van der Waals surface area contributed by atoms with Gasteiger partial charge in [0.05, 0.1) is 18.3 Å². The lowest BCUT2D eigenvalue weighted by Crippen LogP contribution is -2.48. The summed E-state index contributed by atoms with van der Waals surface area (Å²) in [5.41, 5.74) is 6.41. The number of morpholine rings is 1. The van der Waals surface area contributed by atoms with Gasteiger partial charge in [-0.25, -0.2) is 0 Å². The fourth-order valence-corrected chi connectivity index (χ4v) is 1.66. The number of aromatic nitrogens is 1. The number of carbonyl (C=O) groups is 1. The summed E-state index contributed by atoms with van der Waals surface area (Å²) in [6.45, 7) is 1.63. The van der Waals surface area contributed by atoms with Crippen LogP contribution in [0.5, 0.6) is 0 Å². The van der Waals surface area contributed by atoms with Crippen molar-refractivity contribution in [3.8, 4) is 0 Å². The molecular weight excluding hydrogens is 206 g/mol. The van der Waals surface area contributed by atoms with Gasteiger partial charge in [0.2, 0.25) is 5.91 Å². The minimum Gasteiger partial charge on any atom is -0.365 e. The van der Waals surface area contributed by atoms with E-state index in [9.17, 15) is 4.79 Å². The maximum absolute atomic E-state index is 11.6. The predicted molar refractivity (Wildman–Crippen MR) is 58.4 cm³/mol. The van der Waals surface area contributed by atoms with E-state index in [0.717, 1.165) is 5.69 Å². The molecule has 2 heterocycles. The van der Waals surface area contributed by atoms with Gasteiger partial charge in [-0.05, 0) is 12.1 Å². The Balaban J connectivity index is 2.00. The Morgan fingerprint density at radius 2 is 2.44 bits per heavy atom. The van der Waals surface area contributed by atoms with E-state index in [-0.39, 0.29) is 18.6 Å². The molecule has 5 nitrogen and oxygen atoms in total. The maximum Gasteiger partial charge on any atom is 0.249 e. The Morgan fingerprint density at radius 3 is 3.12 bits per heavy atom. The van der Waals surface area contributed by atoms with Crippen LogP contribution in [0.3, 0.4) is 0 Å². The molecule has 0 radical (unpaired) electrons. The van der Waals surface area contributed by atoms with Gasteiger partial charge in [-0.3, -0.25) is 9.78 Å². The zero-order valence-electron chi connectivity index (χ0n) is 9.00. The van der Waals surface area contributed by atoms with E-state index >= 15 is 0 Å². The first-order valence-electron chi connectivity index (χ1n) is 5.29. The molecule has 1 amide bonds. The Hall–Kier alpha value is -1.46.